The van der Waals surface area contributed by atoms with Crippen LogP contribution in [0.4, 0.5) is 5.82 Å². The maximum absolute atomic E-state index is 8.69. The lowest BCUT2D eigenvalue weighted by molar-refractivity contribution is 0.371. The number of nitriles is 1. The predicted octanol–water partition coefficient (Wildman–Crippen LogP) is 0.879. The molecule has 0 aromatic carbocycles. The minimum atomic E-state index is 0.372. The topological polar surface area (TPSA) is 56.0 Å². The van der Waals surface area contributed by atoms with Gasteiger partial charge in [0.1, 0.15) is 11.9 Å². The second kappa shape index (κ2) is 5.11. The molecule has 0 spiro atoms. The van der Waals surface area contributed by atoms with Gasteiger partial charge in [0, 0.05) is 19.1 Å². The van der Waals surface area contributed by atoms with E-state index in [1.54, 1.807) is 12.4 Å². The fourth-order valence-electron chi connectivity index (χ4n) is 2.28. The Morgan fingerprint density at radius 1 is 1.47 bits per heavy atom. The molecule has 1 atom stereocenters. The van der Waals surface area contributed by atoms with Gasteiger partial charge in [-0.2, -0.15) is 5.26 Å². The molecule has 5 nitrogen and oxygen atoms in total. The van der Waals surface area contributed by atoms with Gasteiger partial charge in [0.2, 0.25) is 0 Å². The van der Waals surface area contributed by atoms with Crippen molar-refractivity contribution in [3.05, 3.63) is 18.1 Å². The molecule has 2 rings (SSSR count). The van der Waals surface area contributed by atoms with Gasteiger partial charge in [-0.25, -0.2) is 9.97 Å². The maximum atomic E-state index is 8.69. The van der Waals surface area contributed by atoms with Crippen LogP contribution < -0.4 is 4.90 Å². The summed E-state index contributed by atoms with van der Waals surface area (Å²) in [4.78, 5) is 12.9. The fraction of sp³-hybridized carbons (Fsp3) is 0.583. The van der Waals surface area contributed by atoms with E-state index in [9.17, 15) is 0 Å². The Bertz CT molecular complexity index is 406. The monoisotopic (exact) mass is 231 g/mol. The highest BCUT2D eigenvalue weighted by molar-refractivity contribution is 5.40. The summed E-state index contributed by atoms with van der Waals surface area (Å²) in [6.45, 7) is 2.06. The van der Waals surface area contributed by atoms with Crippen LogP contribution >= 0.6 is 0 Å². The lowest BCUT2D eigenvalue weighted by Crippen LogP contribution is -2.38. The first-order chi connectivity index (χ1) is 8.20. The second-order valence-corrected chi connectivity index (χ2v) is 4.62. The highest BCUT2D eigenvalue weighted by Gasteiger charge is 2.26. The number of hydrogen-bond donors (Lipinski definition) is 0. The SMILES string of the molecule is CN(C)CC1CCCN1c1cnc(C#N)cn1. The van der Waals surface area contributed by atoms with Crippen LogP contribution in [0.5, 0.6) is 0 Å². The molecule has 0 aliphatic carbocycles. The van der Waals surface area contributed by atoms with Crippen LogP contribution in [0.2, 0.25) is 0 Å². The molecular formula is C12H17N5. The normalized spacial score (nSPS) is 19.6. The number of anilines is 1. The second-order valence-electron chi connectivity index (χ2n) is 4.62. The van der Waals surface area contributed by atoms with Gasteiger partial charge in [-0.1, -0.05) is 0 Å². The lowest BCUT2D eigenvalue weighted by Gasteiger charge is -2.27. The van der Waals surface area contributed by atoms with Crippen molar-refractivity contribution in [3.63, 3.8) is 0 Å². The zero-order chi connectivity index (χ0) is 12.3. The molecule has 0 N–H and O–H groups in total. The zero-order valence-electron chi connectivity index (χ0n) is 10.3. The Labute approximate surface area is 102 Å². The fourth-order valence-corrected chi connectivity index (χ4v) is 2.28. The number of aromatic nitrogens is 2. The van der Waals surface area contributed by atoms with E-state index >= 15 is 0 Å². The average molecular weight is 231 g/mol. The summed E-state index contributed by atoms with van der Waals surface area (Å²) in [5.41, 5.74) is 0.372. The largest absolute Gasteiger partial charge is 0.351 e. The standard InChI is InChI=1S/C12H17N5/c1-16(2)9-11-4-3-5-17(11)12-8-14-10(6-13)7-15-12/h7-8,11H,3-5,9H2,1-2H3. The van der Waals surface area contributed by atoms with Crippen LogP contribution in [-0.4, -0.2) is 48.1 Å². The molecule has 5 heteroatoms. The molecule has 1 aliphatic rings. The van der Waals surface area contributed by atoms with E-state index in [1.165, 1.54) is 12.8 Å². The summed E-state index contributed by atoms with van der Waals surface area (Å²) in [6, 6.07) is 2.49. The Morgan fingerprint density at radius 3 is 2.88 bits per heavy atom. The van der Waals surface area contributed by atoms with Gasteiger partial charge in [0.25, 0.3) is 0 Å². The molecule has 0 saturated carbocycles. The van der Waals surface area contributed by atoms with Gasteiger partial charge in [0.15, 0.2) is 5.69 Å². The maximum Gasteiger partial charge on any atom is 0.158 e. The molecule has 1 fully saturated rings. The van der Waals surface area contributed by atoms with E-state index in [4.69, 9.17) is 5.26 Å². The smallest absolute Gasteiger partial charge is 0.158 e. The molecule has 0 amide bonds. The third-order valence-electron chi connectivity index (χ3n) is 3.00. The van der Waals surface area contributed by atoms with Gasteiger partial charge in [0.05, 0.1) is 12.4 Å². The number of rotatable bonds is 3. The van der Waals surface area contributed by atoms with Crippen molar-refractivity contribution in [2.45, 2.75) is 18.9 Å². The van der Waals surface area contributed by atoms with Crippen molar-refractivity contribution in [2.75, 3.05) is 32.1 Å². The van der Waals surface area contributed by atoms with Gasteiger partial charge in [-0.05, 0) is 26.9 Å². The molecule has 2 heterocycles. The van der Waals surface area contributed by atoms with Gasteiger partial charge in [-0.15, -0.1) is 0 Å². The first-order valence-electron chi connectivity index (χ1n) is 5.84. The van der Waals surface area contributed by atoms with Crippen LogP contribution in [0.15, 0.2) is 12.4 Å². The Morgan fingerprint density at radius 2 is 2.29 bits per heavy atom. The van der Waals surface area contributed by atoms with E-state index in [0.29, 0.717) is 11.7 Å². The third-order valence-corrected chi connectivity index (χ3v) is 3.00. The summed E-state index contributed by atoms with van der Waals surface area (Å²) >= 11 is 0. The van der Waals surface area contributed by atoms with Gasteiger partial charge in [-0.3, -0.25) is 0 Å². The quantitative estimate of drug-likeness (QED) is 0.773. The van der Waals surface area contributed by atoms with Crippen molar-refractivity contribution in [1.29, 1.82) is 5.26 Å². The molecular weight excluding hydrogens is 214 g/mol. The molecule has 1 saturated heterocycles. The van der Waals surface area contributed by atoms with E-state index < -0.39 is 0 Å². The minimum absolute atomic E-state index is 0.372. The number of hydrogen-bond acceptors (Lipinski definition) is 5. The van der Waals surface area contributed by atoms with E-state index in [0.717, 1.165) is 18.9 Å². The molecule has 0 radical (unpaired) electrons. The van der Waals surface area contributed by atoms with E-state index in [1.807, 2.05) is 6.07 Å². The van der Waals surface area contributed by atoms with Crippen molar-refractivity contribution >= 4 is 5.82 Å². The van der Waals surface area contributed by atoms with Crippen LogP contribution in [0.3, 0.4) is 0 Å². The van der Waals surface area contributed by atoms with Crippen molar-refractivity contribution in [2.24, 2.45) is 0 Å². The predicted molar refractivity (Wildman–Crippen MR) is 65.7 cm³/mol. The Kier molecular flexibility index (Phi) is 3.55. The Balaban J connectivity index is 2.12. The van der Waals surface area contributed by atoms with Crippen LogP contribution in [0.1, 0.15) is 18.5 Å². The molecule has 1 aromatic rings. The molecule has 90 valence electrons. The minimum Gasteiger partial charge on any atom is -0.351 e. The van der Waals surface area contributed by atoms with Crippen LogP contribution in [-0.2, 0) is 0 Å². The van der Waals surface area contributed by atoms with Crippen molar-refractivity contribution < 1.29 is 0 Å². The third kappa shape index (κ3) is 2.71. The molecule has 1 aliphatic heterocycles. The summed E-state index contributed by atoms with van der Waals surface area (Å²) in [5, 5.41) is 8.69. The van der Waals surface area contributed by atoms with Gasteiger partial charge < -0.3 is 9.80 Å². The number of nitrogens with zero attached hydrogens (tertiary/aromatic N) is 5. The lowest BCUT2D eigenvalue weighted by atomic mass is 10.2. The number of likely N-dealkylation sites (N-methyl/N-ethyl adjacent to an activating group) is 1. The first kappa shape index (κ1) is 11.8. The van der Waals surface area contributed by atoms with Gasteiger partial charge >= 0.3 is 0 Å². The van der Waals surface area contributed by atoms with E-state index in [-0.39, 0.29) is 0 Å². The molecule has 0 bridgehead atoms. The molecule has 1 unspecified atom stereocenters. The van der Waals surface area contributed by atoms with Crippen LogP contribution in [0, 0.1) is 11.3 Å². The summed E-state index contributed by atoms with van der Waals surface area (Å²) in [5.74, 6) is 0.883. The summed E-state index contributed by atoms with van der Waals surface area (Å²) in [6.07, 6.45) is 5.63. The van der Waals surface area contributed by atoms with Crippen LogP contribution in [0.25, 0.3) is 0 Å². The molecule has 1 aromatic heterocycles. The molecule has 17 heavy (non-hydrogen) atoms. The average Bonchev–Trinajstić information content (AvgIpc) is 2.76. The Hall–Kier alpha value is -1.67. The first-order valence-corrected chi connectivity index (χ1v) is 5.84. The summed E-state index contributed by atoms with van der Waals surface area (Å²) in [7, 11) is 4.17. The zero-order valence-corrected chi connectivity index (χ0v) is 10.3. The van der Waals surface area contributed by atoms with Crippen molar-refractivity contribution in [1.82, 2.24) is 14.9 Å². The highest BCUT2D eigenvalue weighted by atomic mass is 15.3. The summed E-state index contributed by atoms with van der Waals surface area (Å²) < 4.78 is 0. The van der Waals surface area contributed by atoms with Crippen molar-refractivity contribution in [3.8, 4) is 6.07 Å². The highest BCUT2D eigenvalue weighted by Crippen LogP contribution is 2.23. The van der Waals surface area contributed by atoms with E-state index in [2.05, 4.69) is 33.9 Å².